The van der Waals surface area contributed by atoms with Crippen LogP contribution < -0.4 is 10.6 Å². The predicted molar refractivity (Wildman–Crippen MR) is 127 cm³/mol. The molecule has 0 aromatic heterocycles. The lowest BCUT2D eigenvalue weighted by Crippen LogP contribution is -2.48. The van der Waals surface area contributed by atoms with Crippen LogP contribution in [-0.2, 0) is 16.1 Å². The number of carbonyl (C=O) groups is 2. The summed E-state index contributed by atoms with van der Waals surface area (Å²) in [6, 6.07) is 15.2. The van der Waals surface area contributed by atoms with E-state index in [9.17, 15) is 14.0 Å². The molecule has 2 heterocycles. The quantitative estimate of drug-likeness (QED) is 0.613. The molecular weight excluding hydrogens is 435 g/mol. The van der Waals surface area contributed by atoms with Crippen LogP contribution >= 0.6 is 0 Å². The molecule has 0 spiro atoms. The van der Waals surface area contributed by atoms with Gasteiger partial charge in [0.25, 0.3) is 0 Å². The zero-order valence-electron chi connectivity index (χ0n) is 19.4. The van der Waals surface area contributed by atoms with Gasteiger partial charge in [-0.15, -0.1) is 0 Å². The van der Waals surface area contributed by atoms with Gasteiger partial charge in [0.2, 0.25) is 0 Å². The van der Waals surface area contributed by atoms with E-state index in [1.807, 2.05) is 42.5 Å². The maximum atomic E-state index is 13.2. The summed E-state index contributed by atoms with van der Waals surface area (Å²) in [5.74, 6) is -0.652. The van der Waals surface area contributed by atoms with Gasteiger partial charge in [0.15, 0.2) is 0 Å². The van der Waals surface area contributed by atoms with E-state index in [0.29, 0.717) is 17.8 Å². The van der Waals surface area contributed by atoms with Gasteiger partial charge in [-0.05, 0) is 49.7 Å². The Morgan fingerprint density at radius 1 is 1.00 bits per heavy atom. The number of benzene rings is 2. The lowest BCUT2D eigenvalue weighted by atomic mass is 9.95. The van der Waals surface area contributed by atoms with Crippen molar-refractivity contribution in [2.24, 2.45) is 0 Å². The van der Waals surface area contributed by atoms with Crippen molar-refractivity contribution in [3.63, 3.8) is 0 Å². The summed E-state index contributed by atoms with van der Waals surface area (Å²) in [5, 5.41) is 5.75. The largest absolute Gasteiger partial charge is 0.463 e. The van der Waals surface area contributed by atoms with Crippen molar-refractivity contribution in [1.82, 2.24) is 20.4 Å². The van der Waals surface area contributed by atoms with Crippen LogP contribution in [0, 0.1) is 5.82 Å². The smallest absolute Gasteiger partial charge is 0.338 e. The molecule has 2 aromatic rings. The highest BCUT2D eigenvalue weighted by molar-refractivity contribution is 5.95. The molecule has 1 saturated heterocycles. The van der Waals surface area contributed by atoms with Gasteiger partial charge in [-0.1, -0.05) is 42.5 Å². The molecule has 2 amide bonds. The van der Waals surface area contributed by atoms with Gasteiger partial charge < -0.3 is 15.4 Å². The Bertz CT molecular complexity index is 1030. The number of nitrogens with one attached hydrogen (secondary N) is 2. The van der Waals surface area contributed by atoms with E-state index >= 15 is 0 Å². The maximum absolute atomic E-state index is 13.2. The second kappa shape index (κ2) is 11.3. The molecule has 0 radical (unpaired) electrons. The molecule has 8 heteroatoms. The van der Waals surface area contributed by atoms with E-state index in [0.717, 1.165) is 50.3 Å². The zero-order valence-corrected chi connectivity index (χ0v) is 19.4. The molecule has 0 saturated carbocycles. The van der Waals surface area contributed by atoms with E-state index in [-0.39, 0.29) is 18.5 Å². The number of hydrogen-bond acceptors (Lipinski definition) is 5. The molecule has 4 rings (SSSR count). The Hall–Kier alpha value is -3.23. The summed E-state index contributed by atoms with van der Waals surface area (Å²) in [4.78, 5) is 30.1. The molecule has 1 atom stereocenters. The van der Waals surface area contributed by atoms with E-state index in [1.165, 1.54) is 12.1 Å². The predicted octanol–water partition coefficient (Wildman–Crippen LogP) is 3.20. The molecule has 1 unspecified atom stereocenters. The number of ether oxygens (including phenoxy) is 1. The topological polar surface area (TPSA) is 73.9 Å². The number of esters is 1. The van der Waals surface area contributed by atoms with Crippen molar-refractivity contribution >= 4 is 12.0 Å². The molecule has 0 aliphatic carbocycles. The Labute approximate surface area is 199 Å². The molecular formula is C26H31FN4O3. The third-order valence-corrected chi connectivity index (χ3v) is 6.16. The molecule has 2 aromatic carbocycles. The fourth-order valence-electron chi connectivity index (χ4n) is 4.50. The first-order chi connectivity index (χ1) is 16.5. The van der Waals surface area contributed by atoms with E-state index in [4.69, 9.17) is 4.74 Å². The minimum Gasteiger partial charge on any atom is -0.463 e. The average molecular weight is 467 g/mol. The van der Waals surface area contributed by atoms with Crippen molar-refractivity contribution in [3.05, 3.63) is 82.8 Å². The molecule has 180 valence electrons. The van der Waals surface area contributed by atoms with Gasteiger partial charge in [-0.3, -0.25) is 9.80 Å². The fraction of sp³-hybridized carbons (Fsp3) is 0.385. The van der Waals surface area contributed by atoms with Gasteiger partial charge in [0, 0.05) is 31.9 Å². The molecule has 2 N–H and O–H groups in total. The molecule has 2 aliphatic rings. The number of carbonyl (C=O) groups excluding carboxylic acids is 2. The minimum atomic E-state index is -0.564. The summed E-state index contributed by atoms with van der Waals surface area (Å²) < 4.78 is 18.6. The standard InChI is InChI=1S/C26H31FN4O3/c1-2-34-25(32)23-22(28-26(33)29-24(23)20-7-4-3-5-8-20)18-31-14-6-13-30(15-16-31)17-19-9-11-21(27)12-10-19/h3-5,7-12,24H,2,6,13-18H2,1H3,(H2,28,29,33). The van der Waals surface area contributed by atoms with E-state index in [2.05, 4.69) is 20.4 Å². The van der Waals surface area contributed by atoms with Crippen molar-refractivity contribution in [3.8, 4) is 0 Å². The van der Waals surface area contributed by atoms with Gasteiger partial charge in [-0.2, -0.15) is 0 Å². The summed E-state index contributed by atoms with van der Waals surface area (Å²) >= 11 is 0. The van der Waals surface area contributed by atoms with Gasteiger partial charge in [-0.25, -0.2) is 14.0 Å². The summed E-state index contributed by atoms with van der Waals surface area (Å²) in [6.45, 7) is 6.66. The second-order valence-electron chi connectivity index (χ2n) is 8.59. The van der Waals surface area contributed by atoms with Gasteiger partial charge in [0.1, 0.15) is 5.82 Å². The lowest BCUT2D eigenvalue weighted by molar-refractivity contribution is -0.139. The number of rotatable bonds is 7. The number of halogens is 1. The molecule has 1 fully saturated rings. The summed E-state index contributed by atoms with van der Waals surface area (Å²) in [6.07, 6.45) is 0.956. The molecule has 34 heavy (non-hydrogen) atoms. The van der Waals surface area contributed by atoms with Crippen LogP contribution in [0.4, 0.5) is 9.18 Å². The van der Waals surface area contributed by atoms with Crippen LogP contribution in [0.3, 0.4) is 0 Å². The highest BCUT2D eigenvalue weighted by Gasteiger charge is 2.34. The molecule has 7 nitrogen and oxygen atoms in total. The Morgan fingerprint density at radius 3 is 2.35 bits per heavy atom. The average Bonchev–Trinajstić information content (AvgIpc) is 3.06. The Balaban J connectivity index is 1.50. The molecule has 0 bridgehead atoms. The zero-order chi connectivity index (χ0) is 23.9. The van der Waals surface area contributed by atoms with Crippen LogP contribution in [-0.4, -0.2) is 61.1 Å². The summed E-state index contributed by atoms with van der Waals surface area (Å²) in [7, 11) is 0. The van der Waals surface area contributed by atoms with E-state index in [1.54, 1.807) is 6.92 Å². The number of amides is 2. The van der Waals surface area contributed by atoms with Crippen molar-refractivity contribution in [2.75, 3.05) is 39.3 Å². The lowest BCUT2D eigenvalue weighted by Gasteiger charge is -2.32. The van der Waals surface area contributed by atoms with Crippen LogP contribution in [0.5, 0.6) is 0 Å². The summed E-state index contributed by atoms with van der Waals surface area (Å²) in [5.41, 5.74) is 2.95. The highest BCUT2D eigenvalue weighted by atomic mass is 19.1. The van der Waals surface area contributed by atoms with Crippen LogP contribution in [0.2, 0.25) is 0 Å². The third-order valence-electron chi connectivity index (χ3n) is 6.16. The van der Waals surface area contributed by atoms with Crippen LogP contribution in [0.1, 0.15) is 30.5 Å². The van der Waals surface area contributed by atoms with E-state index < -0.39 is 12.0 Å². The number of hydrogen-bond donors (Lipinski definition) is 2. The number of urea groups is 1. The Morgan fingerprint density at radius 2 is 1.68 bits per heavy atom. The van der Waals surface area contributed by atoms with Crippen molar-refractivity contribution < 1.29 is 18.7 Å². The first-order valence-electron chi connectivity index (χ1n) is 11.7. The fourth-order valence-corrected chi connectivity index (χ4v) is 4.50. The second-order valence-corrected chi connectivity index (χ2v) is 8.59. The number of nitrogens with zero attached hydrogens (tertiary/aromatic N) is 2. The monoisotopic (exact) mass is 466 g/mol. The first kappa shape index (κ1) is 23.9. The Kier molecular flexibility index (Phi) is 7.92. The third kappa shape index (κ3) is 6.01. The normalized spacial score (nSPS) is 19.8. The van der Waals surface area contributed by atoms with Crippen LogP contribution in [0.15, 0.2) is 65.9 Å². The van der Waals surface area contributed by atoms with Gasteiger partial charge in [0.05, 0.1) is 18.2 Å². The van der Waals surface area contributed by atoms with Crippen molar-refractivity contribution in [1.29, 1.82) is 0 Å². The van der Waals surface area contributed by atoms with Crippen LogP contribution in [0.25, 0.3) is 0 Å². The minimum absolute atomic E-state index is 0.228. The SMILES string of the molecule is CCOC(=O)C1=C(CN2CCCN(Cc3ccc(F)cc3)CC2)NC(=O)NC1c1ccccc1. The molecule has 2 aliphatic heterocycles. The first-order valence-corrected chi connectivity index (χ1v) is 11.7. The van der Waals surface area contributed by atoms with Crippen molar-refractivity contribution in [2.45, 2.75) is 25.9 Å². The highest BCUT2D eigenvalue weighted by Crippen LogP contribution is 2.28. The van der Waals surface area contributed by atoms with Gasteiger partial charge >= 0.3 is 12.0 Å². The maximum Gasteiger partial charge on any atom is 0.338 e.